The summed E-state index contributed by atoms with van der Waals surface area (Å²) in [7, 11) is 1.77. The van der Waals surface area contributed by atoms with Crippen LogP contribution in [-0.4, -0.2) is 41.5 Å². The van der Waals surface area contributed by atoms with Crippen molar-refractivity contribution in [3.8, 4) is 6.07 Å². The molecule has 0 aromatic rings. The first-order valence-electron chi connectivity index (χ1n) is 4.19. The van der Waals surface area contributed by atoms with Gasteiger partial charge in [0.25, 0.3) is 0 Å². The van der Waals surface area contributed by atoms with Crippen molar-refractivity contribution in [1.29, 1.82) is 5.26 Å². The van der Waals surface area contributed by atoms with Crippen LogP contribution in [0.3, 0.4) is 0 Å². The van der Waals surface area contributed by atoms with E-state index in [1.165, 1.54) is 13.8 Å². The molecule has 0 aromatic carbocycles. The van der Waals surface area contributed by atoms with E-state index in [9.17, 15) is 9.90 Å². The Morgan fingerprint density at radius 1 is 1.69 bits per heavy atom. The number of nitriles is 1. The maximum Gasteiger partial charge on any atom is 0.162 e. The smallest absolute Gasteiger partial charge is 0.162 e. The number of ketones is 1. The lowest BCUT2D eigenvalue weighted by Crippen LogP contribution is -2.44. The van der Waals surface area contributed by atoms with Gasteiger partial charge in [-0.25, -0.2) is 0 Å². The third kappa shape index (κ3) is 4.61. The highest BCUT2D eigenvalue weighted by Crippen LogP contribution is 2.06. The van der Waals surface area contributed by atoms with Crippen LogP contribution in [-0.2, 0) is 4.79 Å². The highest BCUT2D eigenvalue weighted by molar-refractivity contribution is 5.84. The molecule has 0 spiro atoms. The van der Waals surface area contributed by atoms with Crippen molar-refractivity contribution >= 4 is 5.78 Å². The van der Waals surface area contributed by atoms with Crippen molar-refractivity contribution < 1.29 is 9.90 Å². The second kappa shape index (κ2) is 4.95. The van der Waals surface area contributed by atoms with Crippen LogP contribution in [0.15, 0.2) is 0 Å². The van der Waals surface area contributed by atoms with Crippen molar-refractivity contribution in [2.75, 3.05) is 20.1 Å². The molecule has 0 rings (SSSR count). The van der Waals surface area contributed by atoms with Crippen LogP contribution in [0.1, 0.15) is 20.3 Å². The van der Waals surface area contributed by atoms with Gasteiger partial charge in [-0.1, -0.05) is 0 Å². The molecule has 1 atom stereocenters. The first-order chi connectivity index (χ1) is 5.90. The molecule has 74 valence electrons. The molecular formula is C9H16N2O2. The molecule has 4 nitrogen and oxygen atoms in total. The monoisotopic (exact) mass is 184 g/mol. The molecule has 0 aliphatic carbocycles. The first-order valence-corrected chi connectivity index (χ1v) is 4.19. The fourth-order valence-corrected chi connectivity index (χ4v) is 0.957. The second-order valence-corrected chi connectivity index (χ2v) is 3.48. The minimum Gasteiger partial charge on any atom is -0.381 e. The topological polar surface area (TPSA) is 64.3 Å². The van der Waals surface area contributed by atoms with Crippen LogP contribution >= 0.6 is 0 Å². The molecule has 0 heterocycles. The van der Waals surface area contributed by atoms with Crippen LogP contribution < -0.4 is 0 Å². The molecule has 13 heavy (non-hydrogen) atoms. The Balaban J connectivity index is 3.98. The van der Waals surface area contributed by atoms with Crippen LogP contribution in [0, 0.1) is 11.3 Å². The van der Waals surface area contributed by atoms with Gasteiger partial charge in [-0.15, -0.1) is 0 Å². The molecule has 0 saturated carbocycles. The first kappa shape index (κ1) is 12.1. The summed E-state index contributed by atoms with van der Waals surface area (Å²) in [5.74, 6) is -0.253. The van der Waals surface area contributed by atoms with E-state index in [1.54, 1.807) is 11.9 Å². The number of Topliss-reactive ketones (excluding diaryl/α,β-unsaturated/α-hetero) is 1. The Morgan fingerprint density at radius 2 is 2.23 bits per heavy atom. The average Bonchev–Trinajstić information content (AvgIpc) is 1.99. The van der Waals surface area contributed by atoms with Crippen molar-refractivity contribution in [2.24, 2.45) is 0 Å². The number of hydrogen-bond acceptors (Lipinski definition) is 4. The molecule has 0 fully saturated rings. The van der Waals surface area contributed by atoms with Crippen LogP contribution in [0.5, 0.6) is 0 Å². The standard InChI is InChI=1S/C9H16N2O2/c1-8(12)9(2,13)7-11(3)6-4-5-10/h13H,4,6-7H2,1-3H3. The summed E-state index contributed by atoms with van der Waals surface area (Å²) in [4.78, 5) is 12.7. The van der Waals surface area contributed by atoms with Gasteiger partial charge in [-0.2, -0.15) is 5.26 Å². The van der Waals surface area contributed by atoms with Crippen LogP contribution in [0.4, 0.5) is 0 Å². The summed E-state index contributed by atoms with van der Waals surface area (Å²) < 4.78 is 0. The normalized spacial score (nSPS) is 15.1. The lowest BCUT2D eigenvalue weighted by atomic mass is 10.0. The zero-order valence-corrected chi connectivity index (χ0v) is 8.37. The average molecular weight is 184 g/mol. The number of nitrogens with zero attached hydrogens (tertiary/aromatic N) is 2. The Bertz CT molecular complexity index is 218. The SMILES string of the molecule is CC(=O)C(C)(O)CN(C)CCC#N. The van der Waals surface area contributed by atoms with Gasteiger partial charge in [0.05, 0.1) is 6.07 Å². The Labute approximate surface area is 78.8 Å². The molecule has 0 aliphatic heterocycles. The molecule has 0 aromatic heterocycles. The Kier molecular flexibility index (Phi) is 4.60. The van der Waals surface area contributed by atoms with Crippen molar-refractivity contribution in [3.05, 3.63) is 0 Å². The third-order valence-corrected chi connectivity index (χ3v) is 1.94. The minimum absolute atomic E-state index is 0.253. The molecule has 0 bridgehead atoms. The predicted molar refractivity (Wildman–Crippen MR) is 49.0 cm³/mol. The lowest BCUT2D eigenvalue weighted by Gasteiger charge is -2.25. The fraction of sp³-hybridized carbons (Fsp3) is 0.778. The van der Waals surface area contributed by atoms with Gasteiger partial charge in [0.2, 0.25) is 0 Å². The van der Waals surface area contributed by atoms with Crippen molar-refractivity contribution in [3.63, 3.8) is 0 Å². The summed E-state index contributed by atoms with van der Waals surface area (Å²) >= 11 is 0. The van der Waals surface area contributed by atoms with Crippen molar-refractivity contribution in [1.82, 2.24) is 4.90 Å². The molecule has 4 heteroatoms. The van der Waals surface area contributed by atoms with Crippen molar-refractivity contribution in [2.45, 2.75) is 25.9 Å². The summed E-state index contributed by atoms with van der Waals surface area (Å²) in [5, 5.41) is 17.9. The van der Waals surface area contributed by atoms with Gasteiger partial charge in [-0.3, -0.25) is 4.79 Å². The van der Waals surface area contributed by atoms with Gasteiger partial charge < -0.3 is 10.0 Å². The fourth-order valence-electron chi connectivity index (χ4n) is 0.957. The molecule has 0 radical (unpaired) electrons. The molecule has 0 aliphatic rings. The van der Waals surface area contributed by atoms with Crippen LogP contribution in [0.25, 0.3) is 0 Å². The summed E-state index contributed by atoms with van der Waals surface area (Å²) in [5.41, 5.74) is -1.30. The maximum absolute atomic E-state index is 10.9. The number of carbonyl (C=O) groups excluding carboxylic acids is 1. The highest BCUT2D eigenvalue weighted by atomic mass is 16.3. The molecular weight excluding hydrogens is 168 g/mol. The van der Waals surface area contributed by atoms with Gasteiger partial charge in [-0.05, 0) is 20.9 Å². The van der Waals surface area contributed by atoms with Gasteiger partial charge in [0.1, 0.15) is 5.60 Å². The number of hydrogen-bond donors (Lipinski definition) is 1. The van der Waals surface area contributed by atoms with E-state index in [1.807, 2.05) is 6.07 Å². The van der Waals surface area contributed by atoms with Gasteiger partial charge in [0.15, 0.2) is 5.78 Å². The largest absolute Gasteiger partial charge is 0.381 e. The molecule has 1 N–H and O–H groups in total. The van der Waals surface area contributed by atoms with E-state index in [0.29, 0.717) is 13.0 Å². The minimum atomic E-state index is -1.30. The number of aliphatic hydroxyl groups is 1. The summed E-state index contributed by atoms with van der Waals surface area (Å²) in [6.07, 6.45) is 0.407. The number of carbonyl (C=O) groups is 1. The Hall–Kier alpha value is -0.920. The maximum atomic E-state index is 10.9. The second-order valence-electron chi connectivity index (χ2n) is 3.48. The third-order valence-electron chi connectivity index (χ3n) is 1.94. The van der Waals surface area contributed by atoms with E-state index in [2.05, 4.69) is 0 Å². The lowest BCUT2D eigenvalue weighted by molar-refractivity contribution is -0.134. The summed E-state index contributed by atoms with van der Waals surface area (Å²) in [6, 6.07) is 2.01. The zero-order chi connectivity index (χ0) is 10.5. The van der Waals surface area contributed by atoms with Gasteiger partial charge in [0, 0.05) is 19.5 Å². The van der Waals surface area contributed by atoms with E-state index in [4.69, 9.17) is 5.26 Å². The number of likely N-dealkylation sites (N-methyl/N-ethyl adjacent to an activating group) is 1. The van der Waals surface area contributed by atoms with E-state index in [-0.39, 0.29) is 12.3 Å². The van der Waals surface area contributed by atoms with E-state index >= 15 is 0 Å². The molecule has 0 saturated heterocycles. The molecule has 0 amide bonds. The zero-order valence-electron chi connectivity index (χ0n) is 8.37. The predicted octanol–water partition coefficient (Wildman–Crippen LogP) is 0.172. The van der Waals surface area contributed by atoms with Crippen LogP contribution in [0.2, 0.25) is 0 Å². The van der Waals surface area contributed by atoms with E-state index < -0.39 is 5.60 Å². The quantitative estimate of drug-likeness (QED) is 0.661. The molecule has 1 unspecified atom stereocenters. The van der Waals surface area contributed by atoms with E-state index in [0.717, 1.165) is 0 Å². The highest BCUT2D eigenvalue weighted by Gasteiger charge is 2.27. The Morgan fingerprint density at radius 3 is 2.62 bits per heavy atom. The number of rotatable bonds is 5. The summed E-state index contributed by atoms with van der Waals surface area (Å²) in [6.45, 7) is 3.68. The van der Waals surface area contributed by atoms with Gasteiger partial charge >= 0.3 is 0 Å².